The summed E-state index contributed by atoms with van der Waals surface area (Å²) >= 11 is 0. The summed E-state index contributed by atoms with van der Waals surface area (Å²) in [4.78, 5) is 33.6. The molecule has 0 radical (unpaired) electrons. The van der Waals surface area contributed by atoms with E-state index in [1.165, 1.54) is 43.9 Å². The van der Waals surface area contributed by atoms with Crippen molar-refractivity contribution in [2.24, 2.45) is 11.8 Å². The SMILES string of the molecule is CC1CC(=O)N(CC2CCCCC2)C1=O.CC=O.CP. The van der Waals surface area contributed by atoms with E-state index in [9.17, 15) is 9.59 Å². The molecule has 1 aliphatic carbocycles. The summed E-state index contributed by atoms with van der Waals surface area (Å²) in [7, 11) is 2.42. The van der Waals surface area contributed by atoms with Crippen LogP contribution in [0.2, 0.25) is 0 Å². The first-order chi connectivity index (χ1) is 9.60. The molecule has 0 aromatic carbocycles. The number of likely N-dealkylation sites (tertiary alicyclic amines) is 1. The number of imide groups is 1. The van der Waals surface area contributed by atoms with E-state index < -0.39 is 0 Å². The quantitative estimate of drug-likeness (QED) is 0.447. The van der Waals surface area contributed by atoms with Gasteiger partial charge >= 0.3 is 0 Å². The van der Waals surface area contributed by atoms with Crippen molar-refractivity contribution in [3.05, 3.63) is 0 Å². The van der Waals surface area contributed by atoms with Crippen molar-refractivity contribution < 1.29 is 14.4 Å². The van der Waals surface area contributed by atoms with E-state index >= 15 is 0 Å². The molecule has 0 N–H and O–H groups in total. The van der Waals surface area contributed by atoms with Crippen molar-refractivity contribution in [2.45, 2.75) is 52.4 Å². The number of carbonyl (C=O) groups is 3. The van der Waals surface area contributed by atoms with Gasteiger partial charge in [0, 0.05) is 18.9 Å². The smallest absolute Gasteiger partial charge is 0.232 e. The predicted molar refractivity (Wildman–Crippen MR) is 84.4 cm³/mol. The van der Waals surface area contributed by atoms with Crippen LogP contribution >= 0.6 is 9.24 Å². The Morgan fingerprint density at radius 1 is 1.20 bits per heavy atom. The molecule has 2 atom stereocenters. The van der Waals surface area contributed by atoms with Crippen LogP contribution in [0, 0.1) is 11.8 Å². The molecule has 20 heavy (non-hydrogen) atoms. The van der Waals surface area contributed by atoms with Crippen molar-refractivity contribution in [1.82, 2.24) is 4.90 Å². The van der Waals surface area contributed by atoms with Crippen LogP contribution in [0.1, 0.15) is 52.4 Å². The lowest BCUT2D eigenvalue weighted by atomic mass is 9.89. The second-order valence-corrected chi connectivity index (χ2v) is 5.19. The van der Waals surface area contributed by atoms with E-state index in [-0.39, 0.29) is 17.7 Å². The zero-order valence-electron chi connectivity index (χ0n) is 12.9. The maximum Gasteiger partial charge on any atom is 0.232 e. The highest BCUT2D eigenvalue weighted by molar-refractivity contribution is 7.15. The highest BCUT2D eigenvalue weighted by atomic mass is 31.0. The van der Waals surface area contributed by atoms with Gasteiger partial charge in [0.1, 0.15) is 6.29 Å². The van der Waals surface area contributed by atoms with E-state index in [0.29, 0.717) is 18.9 Å². The minimum Gasteiger partial charge on any atom is -0.304 e. The van der Waals surface area contributed by atoms with Gasteiger partial charge in [-0.15, -0.1) is 9.24 Å². The molecule has 1 saturated heterocycles. The second kappa shape index (κ2) is 11.0. The van der Waals surface area contributed by atoms with Crippen molar-refractivity contribution in [3.8, 4) is 0 Å². The number of hydrogen-bond acceptors (Lipinski definition) is 3. The summed E-state index contributed by atoms with van der Waals surface area (Å²) in [5, 5.41) is 0. The second-order valence-electron chi connectivity index (χ2n) is 5.19. The topological polar surface area (TPSA) is 54.5 Å². The van der Waals surface area contributed by atoms with Gasteiger partial charge in [-0.1, -0.05) is 32.9 Å². The third-order valence-electron chi connectivity index (χ3n) is 3.63. The fourth-order valence-electron chi connectivity index (χ4n) is 2.67. The molecule has 2 unspecified atom stereocenters. The van der Waals surface area contributed by atoms with Gasteiger partial charge in [-0.05, 0) is 25.7 Å². The van der Waals surface area contributed by atoms with Crippen molar-refractivity contribution >= 4 is 27.3 Å². The van der Waals surface area contributed by atoms with Crippen LogP contribution in [0.25, 0.3) is 0 Å². The van der Waals surface area contributed by atoms with Crippen LogP contribution in [0.15, 0.2) is 0 Å². The molecule has 2 rings (SSSR count). The van der Waals surface area contributed by atoms with Crippen LogP contribution in [-0.2, 0) is 14.4 Å². The monoisotopic (exact) mass is 301 g/mol. The van der Waals surface area contributed by atoms with Crippen molar-refractivity contribution in [2.75, 3.05) is 13.2 Å². The molecule has 2 amide bonds. The first-order valence-corrected chi connectivity index (χ1v) is 8.57. The van der Waals surface area contributed by atoms with Crippen molar-refractivity contribution in [1.29, 1.82) is 0 Å². The Kier molecular flexibility index (Phi) is 10.5. The largest absolute Gasteiger partial charge is 0.304 e. The van der Waals surface area contributed by atoms with E-state index in [2.05, 4.69) is 9.24 Å². The molecule has 2 fully saturated rings. The highest BCUT2D eigenvalue weighted by Gasteiger charge is 2.36. The standard InChI is InChI=1S/C12H19NO2.C2H4O.CH5P/c1-9-7-11(14)13(12(9)15)8-10-5-3-2-4-6-10;1-2-3;1-2/h9-10H,2-8H2,1H3;2H,1H3;2H2,1H3. The molecule has 1 saturated carbocycles. The fraction of sp³-hybridized carbons (Fsp3) is 0.800. The average molecular weight is 301 g/mol. The first kappa shape index (κ1) is 19.2. The number of nitrogens with zero attached hydrogens (tertiary/aromatic N) is 1. The zero-order valence-corrected chi connectivity index (χ0v) is 14.1. The van der Waals surface area contributed by atoms with Gasteiger partial charge in [-0.2, -0.15) is 0 Å². The Hall–Kier alpha value is -0.760. The van der Waals surface area contributed by atoms with Gasteiger partial charge < -0.3 is 4.79 Å². The zero-order chi connectivity index (χ0) is 15.5. The van der Waals surface area contributed by atoms with E-state index in [1.807, 2.05) is 13.6 Å². The number of carbonyl (C=O) groups excluding carboxylic acids is 3. The minimum absolute atomic E-state index is 0.0399. The molecule has 1 aliphatic heterocycles. The molecule has 1 heterocycles. The minimum atomic E-state index is -0.0823. The lowest BCUT2D eigenvalue weighted by Gasteiger charge is -2.25. The number of rotatable bonds is 2. The Labute approximate surface area is 124 Å². The molecular weight excluding hydrogens is 273 g/mol. The molecule has 4 nitrogen and oxygen atoms in total. The summed E-state index contributed by atoms with van der Waals surface area (Å²) in [6.45, 7) is 5.89. The van der Waals surface area contributed by atoms with Crippen LogP contribution in [-0.4, -0.2) is 36.2 Å². The highest BCUT2D eigenvalue weighted by Crippen LogP contribution is 2.27. The molecule has 5 heteroatoms. The third-order valence-corrected chi connectivity index (χ3v) is 3.63. The Morgan fingerprint density at radius 2 is 1.70 bits per heavy atom. The Bertz CT molecular complexity index is 314. The van der Waals surface area contributed by atoms with Crippen LogP contribution in [0.4, 0.5) is 0 Å². The maximum atomic E-state index is 11.7. The molecule has 0 spiro atoms. The fourth-order valence-corrected chi connectivity index (χ4v) is 2.67. The summed E-state index contributed by atoms with van der Waals surface area (Å²) < 4.78 is 0. The van der Waals surface area contributed by atoms with Crippen molar-refractivity contribution in [3.63, 3.8) is 0 Å². The normalized spacial score (nSPS) is 22.6. The van der Waals surface area contributed by atoms with Crippen LogP contribution in [0.5, 0.6) is 0 Å². The van der Waals surface area contributed by atoms with Gasteiger partial charge in [0.15, 0.2) is 0 Å². The molecule has 0 aromatic rings. The molecule has 2 aliphatic rings. The van der Waals surface area contributed by atoms with Crippen LogP contribution in [0.3, 0.4) is 0 Å². The molecule has 0 bridgehead atoms. The van der Waals surface area contributed by atoms with E-state index in [0.717, 1.165) is 6.29 Å². The molecule has 0 aromatic heterocycles. The average Bonchev–Trinajstić information content (AvgIpc) is 2.70. The molecule has 116 valence electrons. The number of aldehydes is 1. The van der Waals surface area contributed by atoms with E-state index in [1.54, 1.807) is 0 Å². The van der Waals surface area contributed by atoms with Gasteiger partial charge in [0.25, 0.3) is 0 Å². The third kappa shape index (κ3) is 6.13. The summed E-state index contributed by atoms with van der Waals surface area (Å²) in [5.41, 5.74) is 0. The molecular formula is C15H28NO3P. The van der Waals surface area contributed by atoms with Gasteiger partial charge in [-0.3, -0.25) is 14.5 Å². The maximum absolute atomic E-state index is 11.7. The van der Waals surface area contributed by atoms with Gasteiger partial charge in [0.05, 0.1) is 0 Å². The summed E-state index contributed by atoms with van der Waals surface area (Å²) in [6, 6.07) is 0. The Balaban J connectivity index is 0.000000641. The van der Waals surface area contributed by atoms with E-state index in [4.69, 9.17) is 4.79 Å². The lowest BCUT2D eigenvalue weighted by molar-refractivity contribution is -0.140. The lowest BCUT2D eigenvalue weighted by Crippen LogP contribution is -2.35. The predicted octanol–water partition coefficient (Wildman–Crippen LogP) is 2.66. The number of hydrogen-bond donors (Lipinski definition) is 0. The van der Waals surface area contributed by atoms with Crippen LogP contribution < -0.4 is 0 Å². The Morgan fingerprint density at radius 3 is 2.10 bits per heavy atom. The first-order valence-electron chi connectivity index (χ1n) is 7.41. The summed E-state index contributed by atoms with van der Waals surface area (Å²) in [5.74, 6) is 0.571. The van der Waals surface area contributed by atoms with Gasteiger partial charge in [0.2, 0.25) is 11.8 Å². The van der Waals surface area contributed by atoms with Gasteiger partial charge in [-0.25, -0.2) is 0 Å². The number of amides is 2. The summed E-state index contributed by atoms with van der Waals surface area (Å²) in [6.07, 6.45) is 7.38.